The van der Waals surface area contributed by atoms with E-state index in [1.807, 2.05) is 13.0 Å². The lowest BCUT2D eigenvalue weighted by Gasteiger charge is -2.25. The lowest BCUT2D eigenvalue weighted by molar-refractivity contribution is 0.247. The van der Waals surface area contributed by atoms with E-state index in [0.29, 0.717) is 22.1 Å². The number of nitrogens with one attached hydrogen (secondary N) is 1. The Kier molecular flexibility index (Phi) is 4.73. The van der Waals surface area contributed by atoms with Crippen LogP contribution in [0.5, 0.6) is 0 Å². The first-order valence-electron chi connectivity index (χ1n) is 9.89. The normalized spacial score (nSPS) is 20.2. The molecule has 4 rings (SSSR count). The highest BCUT2D eigenvalue weighted by Gasteiger charge is 2.32. The van der Waals surface area contributed by atoms with Gasteiger partial charge in [0.15, 0.2) is 0 Å². The molecule has 2 atom stereocenters. The number of primary amides is 1. The molecule has 1 aliphatic heterocycles. The van der Waals surface area contributed by atoms with Crippen molar-refractivity contribution in [3.63, 3.8) is 0 Å². The molecule has 2 fully saturated rings. The highest BCUT2D eigenvalue weighted by atomic mass is 16.2. The van der Waals surface area contributed by atoms with Gasteiger partial charge in [-0.1, -0.05) is 0 Å². The van der Waals surface area contributed by atoms with Gasteiger partial charge in [-0.15, -0.1) is 0 Å². The van der Waals surface area contributed by atoms with Crippen molar-refractivity contribution in [3.05, 3.63) is 38.5 Å². The first-order chi connectivity index (χ1) is 13.8. The van der Waals surface area contributed by atoms with Crippen molar-refractivity contribution < 1.29 is 4.79 Å². The number of carbonyl (C=O) groups excluding carboxylic acids is 1. The average Bonchev–Trinajstić information content (AvgIpc) is 3.40. The molecule has 7 N–H and O–H groups in total. The number of hydrogen-bond donors (Lipinski definition) is 4. The number of rotatable bonds is 5. The van der Waals surface area contributed by atoms with Crippen LogP contribution in [0.3, 0.4) is 0 Å². The molecule has 0 bridgehead atoms. The molecule has 2 amide bonds. The van der Waals surface area contributed by atoms with Gasteiger partial charge in [0.05, 0.1) is 10.9 Å². The third-order valence-corrected chi connectivity index (χ3v) is 6.10. The molecule has 0 spiro atoms. The van der Waals surface area contributed by atoms with Crippen molar-refractivity contribution in [2.75, 3.05) is 30.4 Å². The summed E-state index contributed by atoms with van der Waals surface area (Å²) in [6.45, 7) is 3.82. The molecule has 2 aliphatic rings. The van der Waals surface area contributed by atoms with Crippen molar-refractivity contribution in [2.24, 2.45) is 17.4 Å². The van der Waals surface area contributed by atoms with E-state index in [1.54, 1.807) is 10.6 Å². The Morgan fingerprint density at radius 2 is 2.00 bits per heavy atom. The van der Waals surface area contributed by atoms with Gasteiger partial charge in [-0.25, -0.2) is 9.59 Å². The smallest absolute Gasteiger partial charge is 0.350 e. The number of aromatic nitrogens is 2. The number of benzene rings is 1. The predicted octanol–water partition coefficient (Wildman–Crippen LogP) is -0.658. The molecule has 156 valence electrons. The lowest BCUT2D eigenvalue weighted by Crippen LogP contribution is -2.45. The zero-order valence-corrected chi connectivity index (χ0v) is 16.4. The molecule has 1 aromatic carbocycles. The Balaban J connectivity index is 1.69. The SMILES string of the molecule is Cc1c(N2CC[C@@H]([C@H](N)CNC(N)=O)C2)ccc2c(=O)n(N)c(=O)n(C3CC3)c12. The van der Waals surface area contributed by atoms with Crippen LogP contribution in [-0.2, 0) is 0 Å². The minimum absolute atomic E-state index is 0.0916. The Morgan fingerprint density at radius 1 is 1.28 bits per heavy atom. The van der Waals surface area contributed by atoms with Crippen LogP contribution in [0, 0.1) is 12.8 Å². The van der Waals surface area contributed by atoms with Crippen molar-refractivity contribution in [2.45, 2.75) is 38.3 Å². The van der Waals surface area contributed by atoms with Crippen LogP contribution in [-0.4, -0.2) is 41.0 Å². The zero-order chi connectivity index (χ0) is 20.9. The van der Waals surface area contributed by atoms with Crippen LogP contribution in [0.4, 0.5) is 10.5 Å². The van der Waals surface area contributed by atoms with Gasteiger partial charge in [0, 0.05) is 37.4 Å². The Hall–Kier alpha value is -3.01. The minimum Gasteiger partial charge on any atom is -0.371 e. The number of nitrogen functional groups attached to an aromatic ring is 1. The molecule has 10 nitrogen and oxygen atoms in total. The number of carbonyl (C=O) groups is 1. The zero-order valence-electron chi connectivity index (χ0n) is 16.4. The second kappa shape index (κ2) is 7.11. The molecule has 29 heavy (non-hydrogen) atoms. The fraction of sp³-hybridized carbons (Fsp3) is 0.526. The van der Waals surface area contributed by atoms with E-state index in [2.05, 4.69) is 10.2 Å². The topological polar surface area (TPSA) is 154 Å². The van der Waals surface area contributed by atoms with Crippen LogP contribution in [0.25, 0.3) is 10.9 Å². The fourth-order valence-corrected chi connectivity index (χ4v) is 4.36. The molecule has 2 heterocycles. The van der Waals surface area contributed by atoms with Crippen molar-refractivity contribution >= 4 is 22.6 Å². The molecule has 0 unspecified atom stereocenters. The number of urea groups is 1. The van der Waals surface area contributed by atoms with Crippen LogP contribution in [0.1, 0.15) is 30.9 Å². The Labute approximate surface area is 167 Å². The Morgan fingerprint density at radius 3 is 2.66 bits per heavy atom. The van der Waals surface area contributed by atoms with Gasteiger partial charge in [-0.2, -0.15) is 4.68 Å². The van der Waals surface area contributed by atoms with Gasteiger partial charge in [0.1, 0.15) is 0 Å². The maximum Gasteiger partial charge on any atom is 0.350 e. The van der Waals surface area contributed by atoms with E-state index in [0.717, 1.165) is 43.6 Å². The van der Waals surface area contributed by atoms with Gasteiger partial charge in [-0.3, -0.25) is 9.36 Å². The molecule has 1 aliphatic carbocycles. The number of nitrogens with zero attached hydrogens (tertiary/aromatic N) is 3. The maximum absolute atomic E-state index is 12.7. The molecular weight excluding hydrogens is 374 g/mol. The molecule has 1 aromatic heterocycles. The van der Waals surface area contributed by atoms with E-state index in [1.165, 1.54) is 0 Å². The van der Waals surface area contributed by atoms with Gasteiger partial charge < -0.3 is 27.5 Å². The van der Waals surface area contributed by atoms with E-state index in [9.17, 15) is 14.4 Å². The summed E-state index contributed by atoms with van der Waals surface area (Å²) in [6, 6.07) is 2.99. The summed E-state index contributed by atoms with van der Waals surface area (Å²) in [5, 5.41) is 3.02. The molecular formula is C19H27N7O3. The monoisotopic (exact) mass is 401 g/mol. The summed E-state index contributed by atoms with van der Waals surface area (Å²) in [4.78, 5) is 38.4. The van der Waals surface area contributed by atoms with Crippen molar-refractivity contribution in [1.29, 1.82) is 0 Å². The highest BCUT2D eigenvalue weighted by Crippen LogP contribution is 2.38. The first kappa shape index (κ1) is 19.3. The lowest BCUT2D eigenvalue weighted by atomic mass is 10.00. The third-order valence-electron chi connectivity index (χ3n) is 6.10. The quantitative estimate of drug-likeness (QED) is 0.488. The van der Waals surface area contributed by atoms with E-state index in [-0.39, 0.29) is 18.0 Å². The summed E-state index contributed by atoms with van der Waals surface area (Å²) >= 11 is 0. The van der Waals surface area contributed by atoms with Crippen LogP contribution in [0.15, 0.2) is 21.7 Å². The third kappa shape index (κ3) is 3.33. The molecule has 10 heteroatoms. The summed E-state index contributed by atoms with van der Waals surface area (Å²) in [5.74, 6) is 5.94. The summed E-state index contributed by atoms with van der Waals surface area (Å²) in [7, 11) is 0. The largest absolute Gasteiger partial charge is 0.371 e. The average molecular weight is 401 g/mol. The van der Waals surface area contributed by atoms with Crippen LogP contribution < -0.4 is 38.8 Å². The molecule has 1 saturated carbocycles. The molecule has 2 aromatic rings. The van der Waals surface area contributed by atoms with Crippen molar-refractivity contribution in [3.8, 4) is 0 Å². The molecule has 0 radical (unpaired) electrons. The summed E-state index contributed by atoms with van der Waals surface area (Å²) in [5.41, 5.74) is 13.0. The first-order valence-corrected chi connectivity index (χ1v) is 9.89. The van der Waals surface area contributed by atoms with Crippen LogP contribution in [0.2, 0.25) is 0 Å². The minimum atomic E-state index is -0.579. The van der Waals surface area contributed by atoms with E-state index >= 15 is 0 Å². The maximum atomic E-state index is 12.7. The second-order valence-electron chi connectivity index (χ2n) is 8.07. The highest BCUT2D eigenvalue weighted by molar-refractivity contribution is 5.87. The number of aryl methyl sites for hydroxylation is 1. The van der Waals surface area contributed by atoms with Gasteiger partial charge in [0.25, 0.3) is 5.56 Å². The number of fused-ring (bicyclic) bond motifs is 1. The number of amides is 2. The summed E-state index contributed by atoms with van der Waals surface area (Å²) in [6.07, 6.45) is 2.70. The Bertz CT molecular complexity index is 1090. The van der Waals surface area contributed by atoms with E-state index < -0.39 is 17.3 Å². The molecule has 1 saturated heterocycles. The summed E-state index contributed by atoms with van der Waals surface area (Å²) < 4.78 is 2.38. The second-order valence-corrected chi connectivity index (χ2v) is 8.07. The number of nitrogens with two attached hydrogens (primary N) is 3. The number of hydrogen-bond acceptors (Lipinski definition) is 6. The fourth-order valence-electron chi connectivity index (χ4n) is 4.36. The van der Waals surface area contributed by atoms with Gasteiger partial charge in [0.2, 0.25) is 0 Å². The van der Waals surface area contributed by atoms with Gasteiger partial charge >= 0.3 is 11.7 Å². The standard InChI is InChI=1S/C19H27N7O3/c1-10-15(24-7-6-11(9-24)14(20)8-23-18(21)28)5-4-13-16(10)25(12-2-3-12)19(29)26(22)17(13)27/h4-5,11-12,14H,2-3,6-9,20,22H2,1H3,(H3,21,23,28)/t11-,14-/m1/s1. The van der Waals surface area contributed by atoms with E-state index in [4.69, 9.17) is 17.3 Å². The van der Waals surface area contributed by atoms with Crippen LogP contribution >= 0.6 is 0 Å². The number of anilines is 1. The predicted molar refractivity (Wildman–Crippen MR) is 112 cm³/mol. The van der Waals surface area contributed by atoms with Gasteiger partial charge in [-0.05, 0) is 49.8 Å². The van der Waals surface area contributed by atoms with Crippen molar-refractivity contribution in [1.82, 2.24) is 14.6 Å².